The van der Waals surface area contributed by atoms with Gasteiger partial charge in [0.15, 0.2) is 16.8 Å². The van der Waals surface area contributed by atoms with Crippen molar-refractivity contribution in [2.45, 2.75) is 6.18 Å². The van der Waals surface area contributed by atoms with Crippen LogP contribution in [-0.2, 0) is 6.18 Å². The Morgan fingerprint density at radius 2 is 1.83 bits per heavy atom. The quantitative estimate of drug-likeness (QED) is 0.809. The average Bonchev–Trinajstić information content (AvgIpc) is 2.67. The lowest BCUT2D eigenvalue weighted by Gasteiger charge is -2.10. The summed E-state index contributed by atoms with van der Waals surface area (Å²) in [5, 5.41) is 1.49. The Morgan fingerprint density at radius 3 is 2.33 bits per heavy atom. The van der Waals surface area contributed by atoms with Gasteiger partial charge in [-0.2, -0.15) is 13.2 Å². The van der Waals surface area contributed by atoms with Crippen molar-refractivity contribution in [3.8, 4) is 11.3 Å². The molecule has 0 fully saturated rings. The second-order valence-electron chi connectivity index (χ2n) is 3.39. The lowest BCUT2D eigenvalue weighted by molar-refractivity contribution is -0.140. The zero-order chi connectivity index (χ0) is 13.5. The molecule has 0 radical (unpaired) electrons. The molecule has 8 heteroatoms. The van der Waals surface area contributed by atoms with Gasteiger partial charge in [0, 0.05) is 10.9 Å². The van der Waals surface area contributed by atoms with E-state index < -0.39 is 23.4 Å². The van der Waals surface area contributed by atoms with Crippen molar-refractivity contribution in [2.75, 3.05) is 5.73 Å². The van der Waals surface area contributed by atoms with Crippen LogP contribution in [0.2, 0.25) is 0 Å². The first-order chi connectivity index (χ1) is 8.29. The molecule has 0 unspecified atom stereocenters. The van der Waals surface area contributed by atoms with Gasteiger partial charge in [-0.3, -0.25) is 0 Å². The van der Waals surface area contributed by atoms with Gasteiger partial charge in [-0.15, -0.1) is 11.3 Å². The van der Waals surface area contributed by atoms with Crippen molar-refractivity contribution in [2.24, 2.45) is 0 Å². The number of benzene rings is 1. The number of aromatic nitrogens is 1. The van der Waals surface area contributed by atoms with Gasteiger partial charge in [0.05, 0.1) is 11.3 Å². The lowest BCUT2D eigenvalue weighted by atomic mass is 10.1. The molecule has 2 rings (SSSR count). The summed E-state index contributed by atoms with van der Waals surface area (Å²) in [6, 6.07) is 1.16. The van der Waals surface area contributed by atoms with Crippen LogP contribution >= 0.6 is 11.3 Å². The highest BCUT2D eigenvalue weighted by Crippen LogP contribution is 2.35. The fourth-order valence-corrected chi connectivity index (χ4v) is 1.94. The van der Waals surface area contributed by atoms with Crippen LogP contribution in [0.1, 0.15) is 5.56 Å². The van der Waals surface area contributed by atoms with Crippen LogP contribution in [0, 0.1) is 11.6 Å². The van der Waals surface area contributed by atoms with Crippen molar-refractivity contribution < 1.29 is 22.0 Å². The van der Waals surface area contributed by atoms with E-state index in [1.165, 1.54) is 5.38 Å². The molecule has 96 valence electrons. The summed E-state index contributed by atoms with van der Waals surface area (Å²) in [7, 11) is 0. The van der Waals surface area contributed by atoms with Crippen molar-refractivity contribution in [1.82, 2.24) is 4.98 Å². The first kappa shape index (κ1) is 12.7. The van der Waals surface area contributed by atoms with Gasteiger partial charge in [-0.25, -0.2) is 13.8 Å². The minimum atomic E-state index is -4.97. The van der Waals surface area contributed by atoms with Crippen LogP contribution in [0.3, 0.4) is 0 Å². The Balaban J connectivity index is 2.61. The maximum atomic E-state index is 13.1. The normalized spacial score (nSPS) is 11.8. The second-order valence-corrected chi connectivity index (χ2v) is 4.28. The molecular weight excluding hydrogens is 275 g/mol. The molecule has 0 amide bonds. The number of hydrogen-bond acceptors (Lipinski definition) is 3. The van der Waals surface area contributed by atoms with E-state index in [0.29, 0.717) is 12.1 Å². The largest absolute Gasteiger partial charge is 0.419 e. The van der Waals surface area contributed by atoms with Crippen LogP contribution in [0.15, 0.2) is 17.5 Å². The number of hydrogen-bond donors (Lipinski definition) is 1. The van der Waals surface area contributed by atoms with E-state index in [0.717, 1.165) is 11.3 Å². The maximum absolute atomic E-state index is 13.1. The van der Waals surface area contributed by atoms with Crippen LogP contribution in [0.5, 0.6) is 0 Å². The number of anilines is 1. The zero-order valence-corrected chi connectivity index (χ0v) is 9.37. The number of halogens is 5. The average molecular weight is 280 g/mol. The highest BCUT2D eigenvalue weighted by atomic mass is 32.1. The number of thiazole rings is 1. The zero-order valence-electron chi connectivity index (χ0n) is 8.55. The van der Waals surface area contributed by atoms with E-state index in [2.05, 4.69) is 4.98 Å². The molecule has 1 aromatic carbocycles. The Hall–Kier alpha value is -1.70. The van der Waals surface area contributed by atoms with Crippen LogP contribution in [-0.4, -0.2) is 4.98 Å². The predicted molar refractivity (Wildman–Crippen MR) is 56.9 cm³/mol. The molecule has 18 heavy (non-hydrogen) atoms. The molecule has 0 saturated heterocycles. The Bertz CT molecular complexity index is 590. The smallest absolute Gasteiger partial charge is 0.375 e. The topological polar surface area (TPSA) is 38.9 Å². The Labute approximate surface area is 102 Å². The van der Waals surface area contributed by atoms with Crippen molar-refractivity contribution >= 4 is 16.5 Å². The third kappa shape index (κ3) is 2.28. The summed E-state index contributed by atoms with van der Waals surface area (Å²) in [4.78, 5) is 3.71. The molecule has 0 aliphatic heterocycles. The van der Waals surface area contributed by atoms with E-state index in [1.54, 1.807) is 0 Å². The van der Waals surface area contributed by atoms with Gasteiger partial charge in [0.1, 0.15) is 0 Å². The molecule has 0 aliphatic rings. The standard InChI is InChI=1S/C10H5F5N2S/c11-6-2-4(7-3-18-9(16)17-7)1-5(8(6)12)10(13,14)15/h1-3H,(H2,16,17). The van der Waals surface area contributed by atoms with Crippen molar-refractivity contribution in [3.05, 3.63) is 34.7 Å². The maximum Gasteiger partial charge on any atom is 0.419 e. The SMILES string of the molecule is Nc1nc(-c2cc(F)c(F)c(C(F)(F)F)c2)cs1. The van der Waals surface area contributed by atoms with E-state index in [4.69, 9.17) is 5.73 Å². The fraction of sp³-hybridized carbons (Fsp3) is 0.100. The summed E-state index contributed by atoms with van der Waals surface area (Å²) >= 11 is 0.992. The number of nitrogens with zero attached hydrogens (tertiary/aromatic N) is 1. The van der Waals surface area contributed by atoms with E-state index >= 15 is 0 Å². The minimum absolute atomic E-state index is 0.0712. The van der Waals surface area contributed by atoms with Crippen LogP contribution in [0.25, 0.3) is 11.3 Å². The molecule has 0 spiro atoms. The van der Waals surface area contributed by atoms with Gasteiger partial charge >= 0.3 is 6.18 Å². The molecule has 0 atom stereocenters. The predicted octanol–water partition coefficient (Wildman–Crippen LogP) is 3.69. The van der Waals surface area contributed by atoms with E-state index in [9.17, 15) is 22.0 Å². The fourth-order valence-electron chi connectivity index (χ4n) is 1.36. The summed E-state index contributed by atoms with van der Waals surface area (Å²) in [6.45, 7) is 0. The molecule has 2 N–H and O–H groups in total. The van der Waals surface area contributed by atoms with Crippen LogP contribution < -0.4 is 5.73 Å². The lowest BCUT2D eigenvalue weighted by Crippen LogP contribution is -2.10. The Morgan fingerprint density at radius 1 is 1.17 bits per heavy atom. The number of nitrogen functional groups attached to an aromatic ring is 1. The van der Waals surface area contributed by atoms with Crippen LogP contribution in [0.4, 0.5) is 27.1 Å². The number of nitrogens with two attached hydrogens (primary N) is 1. The van der Waals surface area contributed by atoms with Gasteiger partial charge in [-0.1, -0.05) is 0 Å². The highest BCUT2D eigenvalue weighted by molar-refractivity contribution is 7.13. The van der Waals surface area contributed by atoms with Gasteiger partial charge in [0.2, 0.25) is 0 Å². The third-order valence-electron chi connectivity index (χ3n) is 2.15. The van der Waals surface area contributed by atoms with E-state index in [-0.39, 0.29) is 16.4 Å². The monoisotopic (exact) mass is 280 g/mol. The molecule has 2 aromatic rings. The second kappa shape index (κ2) is 4.20. The minimum Gasteiger partial charge on any atom is -0.375 e. The molecule has 1 heterocycles. The molecule has 2 nitrogen and oxygen atoms in total. The first-order valence-electron chi connectivity index (χ1n) is 4.56. The van der Waals surface area contributed by atoms with E-state index in [1.807, 2.05) is 0 Å². The van der Waals surface area contributed by atoms with Gasteiger partial charge in [0.25, 0.3) is 0 Å². The number of alkyl halides is 3. The summed E-state index contributed by atoms with van der Waals surface area (Å²) < 4.78 is 63.6. The number of rotatable bonds is 1. The van der Waals surface area contributed by atoms with Crippen molar-refractivity contribution in [3.63, 3.8) is 0 Å². The summed E-state index contributed by atoms with van der Waals surface area (Å²) in [6.07, 6.45) is -4.97. The molecule has 0 aliphatic carbocycles. The van der Waals surface area contributed by atoms with Crippen molar-refractivity contribution in [1.29, 1.82) is 0 Å². The molecule has 0 bridgehead atoms. The molecular formula is C10H5F5N2S. The first-order valence-corrected chi connectivity index (χ1v) is 5.44. The van der Waals surface area contributed by atoms with Gasteiger partial charge < -0.3 is 5.73 Å². The Kier molecular flexibility index (Phi) is 2.97. The highest BCUT2D eigenvalue weighted by Gasteiger charge is 2.36. The third-order valence-corrected chi connectivity index (χ3v) is 2.83. The van der Waals surface area contributed by atoms with Gasteiger partial charge in [-0.05, 0) is 12.1 Å². The molecule has 0 saturated carbocycles. The molecule has 1 aromatic heterocycles. The summed E-state index contributed by atoms with van der Waals surface area (Å²) in [5.74, 6) is -3.50. The summed E-state index contributed by atoms with van der Waals surface area (Å²) in [5.41, 5.74) is 3.56.